The van der Waals surface area contributed by atoms with E-state index in [1.54, 1.807) is 7.11 Å². The van der Waals surface area contributed by atoms with E-state index in [0.29, 0.717) is 0 Å². The van der Waals surface area contributed by atoms with Crippen LogP contribution in [0.1, 0.15) is 11.1 Å². The summed E-state index contributed by atoms with van der Waals surface area (Å²) >= 11 is 7.08. The maximum atomic E-state index is 5.73. The molecule has 2 aromatic carbocycles. The van der Waals surface area contributed by atoms with E-state index in [4.69, 9.17) is 10.6 Å². The molecule has 2 aromatic rings. The van der Waals surface area contributed by atoms with Crippen molar-refractivity contribution in [2.75, 3.05) is 7.11 Å². The Bertz CT molecular complexity index is 605. The van der Waals surface area contributed by atoms with Gasteiger partial charge in [-0.15, -0.1) is 0 Å². The Hall–Kier alpha value is -0.880. The highest BCUT2D eigenvalue weighted by Crippen LogP contribution is 2.25. The van der Waals surface area contributed by atoms with Gasteiger partial charge in [-0.25, -0.2) is 0 Å². The Morgan fingerprint density at radius 3 is 2.48 bits per heavy atom. The maximum absolute atomic E-state index is 5.73. The van der Waals surface area contributed by atoms with Crippen molar-refractivity contribution < 1.29 is 4.74 Å². The van der Waals surface area contributed by atoms with Crippen molar-refractivity contribution in [1.82, 2.24) is 5.43 Å². The quantitative estimate of drug-likeness (QED) is 0.558. The number of ether oxygens (including phenoxy) is 1. The molecule has 0 spiro atoms. The lowest BCUT2D eigenvalue weighted by molar-refractivity contribution is 0.404. The zero-order valence-electron chi connectivity index (χ0n) is 11.8. The van der Waals surface area contributed by atoms with E-state index in [-0.39, 0.29) is 6.04 Å². The molecule has 3 nitrogen and oxygen atoms in total. The first-order valence-corrected chi connectivity index (χ1v) is 8.24. The van der Waals surface area contributed by atoms with Gasteiger partial charge in [0, 0.05) is 15.0 Å². The van der Waals surface area contributed by atoms with Gasteiger partial charge in [0.15, 0.2) is 0 Å². The van der Waals surface area contributed by atoms with E-state index in [1.807, 2.05) is 30.3 Å². The minimum absolute atomic E-state index is 0.131. The van der Waals surface area contributed by atoms with Gasteiger partial charge in [0.25, 0.3) is 0 Å². The predicted molar refractivity (Wildman–Crippen MR) is 93.4 cm³/mol. The molecule has 1 atom stereocenters. The third-order valence-electron chi connectivity index (χ3n) is 3.37. The standard InChI is InChI=1S/C16H18Br2N2O/c1-21-16-7-6-13(17)8-12(16)10-14(20-19)9-11-4-2-3-5-15(11)18/h2-8,14,20H,9-10,19H2,1H3. The van der Waals surface area contributed by atoms with Crippen molar-refractivity contribution >= 4 is 31.9 Å². The number of halogens is 2. The minimum Gasteiger partial charge on any atom is -0.496 e. The number of hydrogen-bond acceptors (Lipinski definition) is 3. The summed E-state index contributed by atoms with van der Waals surface area (Å²) in [6.45, 7) is 0. The highest BCUT2D eigenvalue weighted by molar-refractivity contribution is 9.10. The number of hydrogen-bond donors (Lipinski definition) is 2. The summed E-state index contributed by atoms with van der Waals surface area (Å²) in [5.74, 6) is 6.61. The molecule has 0 saturated carbocycles. The molecule has 0 saturated heterocycles. The fourth-order valence-electron chi connectivity index (χ4n) is 2.29. The van der Waals surface area contributed by atoms with Gasteiger partial charge in [0.1, 0.15) is 5.75 Å². The van der Waals surface area contributed by atoms with E-state index in [2.05, 4.69) is 49.4 Å². The average Bonchev–Trinajstić information content (AvgIpc) is 2.49. The van der Waals surface area contributed by atoms with Crippen molar-refractivity contribution in [1.29, 1.82) is 0 Å². The van der Waals surface area contributed by atoms with Crippen LogP contribution in [0, 0.1) is 0 Å². The third-order valence-corrected chi connectivity index (χ3v) is 4.64. The molecule has 1 unspecified atom stereocenters. The number of methoxy groups -OCH3 is 1. The molecule has 0 bridgehead atoms. The molecule has 2 rings (SSSR count). The Labute approximate surface area is 142 Å². The molecule has 0 aliphatic heterocycles. The van der Waals surface area contributed by atoms with Crippen LogP contribution >= 0.6 is 31.9 Å². The normalized spacial score (nSPS) is 12.2. The van der Waals surface area contributed by atoms with Crippen LogP contribution in [-0.4, -0.2) is 13.2 Å². The van der Waals surface area contributed by atoms with Crippen molar-refractivity contribution in [2.24, 2.45) is 5.84 Å². The summed E-state index contributed by atoms with van der Waals surface area (Å²) in [5.41, 5.74) is 5.26. The SMILES string of the molecule is COc1ccc(Br)cc1CC(Cc1ccccc1Br)NN. The van der Waals surface area contributed by atoms with Gasteiger partial charge < -0.3 is 4.74 Å². The van der Waals surface area contributed by atoms with E-state index >= 15 is 0 Å². The minimum atomic E-state index is 0.131. The van der Waals surface area contributed by atoms with Gasteiger partial charge in [0.2, 0.25) is 0 Å². The Balaban J connectivity index is 2.16. The van der Waals surface area contributed by atoms with E-state index in [9.17, 15) is 0 Å². The molecule has 0 amide bonds. The van der Waals surface area contributed by atoms with E-state index in [0.717, 1.165) is 33.1 Å². The number of nitrogens with two attached hydrogens (primary N) is 1. The first-order valence-electron chi connectivity index (χ1n) is 6.66. The summed E-state index contributed by atoms with van der Waals surface area (Å²) in [6.07, 6.45) is 1.63. The van der Waals surface area contributed by atoms with Crippen LogP contribution in [0.2, 0.25) is 0 Å². The summed E-state index contributed by atoms with van der Waals surface area (Å²) in [4.78, 5) is 0. The molecular formula is C16H18Br2N2O. The van der Waals surface area contributed by atoms with Crippen LogP contribution in [0.25, 0.3) is 0 Å². The fourth-order valence-corrected chi connectivity index (χ4v) is 3.15. The molecule has 0 radical (unpaired) electrons. The Kier molecular flexibility index (Phi) is 6.23. The Morgan fingerprint density at radius 1 is 1.10 bits per heavy atom. The number of nitrogens with one attached hydrogen (secondary N) is 1. The fraction of sp³-hybridized carbons (Fsp3) is 0.250. The highest BCUT2D eigenvalue weighted by atomic mass is 79.9. The van der Waals surface area contributed by atoms with Crippen molar-refractivity contribution in [3.05, 3.63) is 62.5 Å². The van der Waals surface area contributed by atoms with Gasteiger partial charge >= 0.3 is 0 Å². The lowest BCUT2D eigenvalue weighted by Gasteiger charge is -2.18. The van der Waals surface area contributed by atoms with Crippen molar-refractivity contribution in [3.8, 4) is 5.75 Å². The summed E-state index contributed by atoms with van der Waals surface area (Å²) in [7, 11) is 1.69. The average molecular weight is 414 g/mol. The molecule has 0 aromatic heterocycles. The molecule has 0 fully saturated rings. The second-order valence-electron chi connectivity index (χ2n) is 4.82. The largest absolute Gasteiger partial charge is 0.496 e. The molecule has 5 heteroatoms. The van der Waals surface area contributed by atoms with Crippen LogP contribution in [0.3, 0.4) is 0 Å². The van der Waals surface area contributed by atoms with Crippen LogP contribution in [0.4, 0.5) is 0 Å². The third kappa shape index (κ3) is 4.54. The van der Waals surface area contributed by atoms with Gasteiger partial charge in [-0.2, -0.15) is 0 Å². The molecule has 0 aliphatic rings. The van der Waals surface area contributed by atoms with Crippen LogP contribution < -0.4 is 16.0 Å². The summed E-state index contributed by atoms with van der Waals surface area (Å²) in [6, 6.07) is 14.3. The van der Waals surface area contributed by atoms with Crippen molar-refractivity contribution in [3.63, 3.8) is 0 Å². The van der Waals surface area contributed by atoms with Gasteiger partial charge in [-0.3, -0.25) is 11.3 Å². The number of benzene rings is 2. The lowest BCUT2D eigenvalue weighted by Crippen LogP contribution is -2.38. The zero-order chi connectivity index (χ0) is 15.2. The molecule has 0 aliphatic carbocycles. The van der Waals surface area contributed by atoms with Crippen LogP contribution in [0.5, 0.6) is 5.75 Å². The predicted octanol–water partition coefficient (Wildman–Crippen LogP) is 3.84. The topological polar surface area (TPSA) is 47.3 Å². The molecule has 21 heavy (non-hydrogen) atoms. The second kappa shape index (κ2) is 7.94. The van der Waals surface area contributed by atoms with E-state index in [1.165, 1.54) is 5.56 Å². The summed E-state index contributed by atoms with van der Waals surface area (Å²) < 4.78 is 7.56. The lowest BCUT2D eigenvalue weighted by atomic mass is 9.99. The summed E-state index contributed by atoms with van der Waals surface area (Å²) in [5, 5.41) is 0. The monoisotopic (exact) mass is 412 g/mol. The van der Waals surface area contributed by atoms with Gasteiger partial charge in [-0.05, 0) is 48.2 Å². The Morgan fingerprint density at radius 2 is 1.81 bits per heavy atom. The first kappa shape index (κ1) is 16.5. The number of rotatable bonds is 6. The van der Waals surface area contributed by atoms with Crippen molar-refractivity contribution in [2.45, 2.75) is 18.9 Å². The van der Waals surface area contributed by atoms with Crippen LogP contribution in [0.15, 0.2) is 51.4 Å². The highest BCUT2D eigenvalue weighted by Gasteiger charge is 2.14. The molecule has 0 heterocycles. The van der Waals surface area contributed by atoms with Gasteiger partial charge in [-0.1, -0.05) is 50.1 Å². The van der Waals surface area contributed by atoms with E-state index < -0.39 is 0 Å². The smallest absolute Gasteiger partial charge is 0.122 e. The maximum Gasteiger partial charge on any atom is 0.122 e. The first-order chi connectivity index (χ1) is 10.1. The molecular weight excluding hydrogens is 396 g/mol. The second-order valence-corrected chi connectivity index (χ2v) is 6.59. The van der Waals surface area contributed by atoms with Crippen LogP contribution in [-0.2, 0) is 12.8 Å². The zero-order valence-corrected chi connectivity index (χ0v) is 14.9. The molecule has 3 N–H and O–H groups in total. The molecule has 112 valence electrons. The van der Waals surface area contributed by atoms with Gasteiger partial charge in [0.05, 0.1) is 7.11 Å². The number of hydrazine groups is 1.